The van der Waals surface area contributed by atoms with Crippen LogP contribution < -0.4 is 0 Å². The second-order valence-corrected chi connectivity index (χ2v) is 11.6. The molecule has 3 fully saturated rings. The van der Waals surface area contributed by atoms with Crippen molar-refractivity contribution in [1.82, 2.24) is 0 Å². The van der Waals surface area contributed by atoms with Crippen LogP contribution in [-0.4, -0.2) is 0 Å². The van der Waals surface area contributed by atoms with Crippen molar-refractivity contribution >= 4 is 0 Å². The van der Waals surface area contributed by atoms with Crippen LogP contribution in [-0.2, 0) is 6.42 Å². The lowest BCUT2D eigenvalue weighted by atomic mass is 9.60. The molecule has 4 rings (SSSR count). The van der Waals surface area contributed by atoms with E-state index in [2.05, 4.69) is 6.92 Å². The zero-order valence-corrected chi connectivity index (χ0v) is 21.1. The molecular formula is C31H46F2. The largest absolute Gasteiger partial charge is 0.203 e. The molecule has 3 aliphatic carbocycles. The molecule has 1 aromatic rings. The number of hydrogen-bond donors (Lipinski definition) is 0. The average molecular weight is 457 g/mol. The number of rotatable bonds is 8. The van der Waals surface area contributed by atoms with Gasteiger partial charge in [0.15, 0.2) is 11.6 Å². The maximum Gasteiger partial charge on any atom is 0.162 e. The highest BCUT2D eigenvalue weighted by molar-refractivity contribution is 5.29. The maximum atomic E-state index is 14.9. The molecule has 4 atom stereocenters. The quantitative estimate of drug-likeness (QED) is 0.341. The van der Waals surface area contributed by atoms with Gasteiger partial charge in [0.2, 0.25) is 0 Å². The first-order valence-corrected chi connectivity index (χ1v) is 14.2. The number of fused-ring (bicyclic) bond motifs is 1. The number of hydrogen-bond acceptors (Lipinski definition) is 0. The van der Waals surface area contributed by atoms with Gasteiger partial charge in [0.05, 0.1) is 0 Å². The summed E-state index contributed by atoms with van der Waals surface area (Å²) in [4.78, 5) is 0. The van der Waals surface area contributed by atoms with Gasteiger partial charge in [-0.3, -0.25) is 0 Å². The van der Waals surface area contributed by atoms with Crippen molar-refractivity contribution in [3.63, 3.8) is 0 Å². The van der Waals surface area contributed by atoms with Gasteiger partial charge in [-0.05, 0) is 124 Å². The highest BCUT2D eigenvalue weighted by Crippen LogP contribution is 2.50. The molecule has 33 heavy (non-hydrogen) atoms. The van der Waals surface area contributed by atoms with Crippen molar-refractivity contribution in [1.29, 1.82) is 0 Å². The molecule has 2 heteroatoms. The minimum absolute atomic E-state index is 0.200. The third-order valence-electron chi connectivity index (χ3n) is 9.61. The van der Waals surface area contributed by atoms with Crippen molar-refractivity contribution in [2.75, 3.05) is 0 Å². The van der Waals surface area contributed by atoms with E-state index in [1.165, 1.54) is 70.6 Å². The first-order chi connectivity index (χ1) is 16.1. The van der Waals surface area contributed by atoms with E-state index in [0.717, 1.165) is 48.9 Å². The van der Waals surface area contributed by atoms with Crippen LogP contribution in [0.4, 0.5) is 8.78 Å². The lowest BCUT2D eigenvalue weighted by molar-refractivity contribution is 0.0613. The molecule has 0 nitrogen and oxygen atoms in total. The molecular weight excluding hydrogens is 410 g/mol. The summed E-state index contributed by atoms with van der Waals surface area (Å²) in [5.41, 5.74) is 1.15. The number of halogens is 2. The molecule has 0 radical (unpaired) electrons. The summed E-state index contributed by atoms with van der Waals surface area (Å²) in [5, 5.41) is 0. The SMILES string of the molecule is C/C=C/CCc1ccc(C2CCC(C3CCC4CC(CCCC)CCC4C3)CC2)c(F)c1F. The van der Waals surface area contributed by atoms with Crippen LogP contribution in [0.25, 0.3) is 0 Å². The summed E-state index contributed by atoms with van der Waals surface area (Å²) in [5.74, 6) is 3.69. The molecule has 0 bridgehead atoms. The third kappa shape index (κ3) is 6.09. The molecule has 0 heterocycles. The lowest BCUT2D eigenvalue weighted by Gasteiger charge is -2.45. The van der Waals surface area contributed by atoms with Gasteiger partial charge in [-0.1, -0.05) is 56.9 Å². The number of allylic oxidation sites excluding steroid dienone is 2. The van der Waals surface area contributed by atoms with Crippen LogP contribution in [0.3, 0.4) is 0 Å². The summed E-state index contributed by atoms with van der Waals surface area (Å²) < 4.78 is 29.6. The topological polar surface area (TPSA) is 0 Å². The average Bonchev–Trinajstić information content (AvgIpc) is 2.85. The van der Waals surface area contributed by atoms with Crippen molar-refractivity contribution in [2.45, 2.75) is 116 Å². The first-order valence-electron chi connectivity index (χ1n) is 14.2. The van der Waals surface area contributed by atoms with Gasteiger partial charge < -0.3 is 0 Å². The lowest BCUT2D eigenvalue weighted by Crippen LogP contribution is -2.34. The van der Waals surface area contributed by atoms with Crippen molar-refractivity contribution in [3.05, 3.63) is 47.0 Å². The molecule has 0 aromatic heterocycles. The van der Waals surface area contributed by atoms with E-state index in [1.54, 1.807) is 0 Å². The maximum absolute atomic E-state index is 14.9. The normalized spacial score (nSPS) is 32.7. The molecule has 0 amide bonds. The van der Waals surface area contributed by atoms with Crippen LogP contribution in [0, 0.1) is 41.2 Å². The second kappa shape index (κ2) is 12.0. The first kappa shape index (κ1) is 24.9. The molecule has 0 N–H and O–H groups in total. The monoisotopic (exact) mass is 456 g/mol. The van der Waals surface area contributed by atoms with Gasteiger partial charge in [-0.15, -0.1) is 0 Å². The fourth-order valence-corrected chi connectivity index (χ4v) is 7.63. The Balaban J connectivity index is 1.28. The predicted octanol–water partition coefficient (Wildman–Crippen LogP) is 9.77. The Morgan fingerprint density at radius 1 is 0.818 bits per heavy atom. The number of aryl methyl sites for hydroxylation is 1. The molecule has 0 spiro atoms. The Morgan fingerprint density at radius 3 is 2.21 bits per heavy atom. The molecule has 184 valence electrons. The highest BCUT2D eigenvalue weighted by Gasteiger charge is 2.39. The summed E-state index contributed by atoms with van der Waals surface area (Å²) in [6.45, 7) is 4.28. The van der Waals surface area contributed by atoms with Crippen LogP contribution in [0.15, 0.2) is 24.3 Å². The van der Waals surface area contributed by atoms with Crippen LogP contribution in [0.1, 0.15) is 121 Å². The van der Waals surface area contributed by atoms with E-state index in [-0.39, 0.29) is 5.92 Å². The van der Waals surface area contributed by atoms with Crippen LogP contribution >= 0.6 is 0 Å². The zero-order valence-electron chi connectivity index (χ0n) is 21.1. The van der Waals surface area contributed by atoms with Gasteiger partial charge >= 0.3 is 0 Å². The minimum Gasteiger partial charge on any atom is -0.203 e. The van der Waals surface area contributed by atoms with E-state index in [9.17, 15) is 8.78 Å². The van der Waals surface area contributed by atoms with Gasteiger partial charge in [-0.25, -0.2) is 8.78 Å². The third-order valence-corrected chi connectivity index (χ3v) is 9.61. The molecule has 1 aromatic carbocycles. The smallest absolute Gasteiger partial charge is 0.162 e. The summed E-state index contributed by atoms with van der Waals surface area (Å²) in [6, 6.07) is 3.72. The number of unbranched alkanes of at least 4 members (excludes halogenated alkanes) is 1. The molecule has 3 aliphatic rings. The second-order valence-electron chi connectivity index (χ2n) is 11.6. The van der Waals surface area contributed by atoms with Crippen molar-refractivity contribution in [2.24, 2.45) is 29.6 Å². The molecule has 4 unspecified atom stereocenters. The summed E-state index contributed by atoms with van der Waals surface area (Å²) >= 11 is 0. The van der Waals surface area contributed by atoms with Gasteiger partial charge in [0.25, 0.3) is 0 Å². The Labute approximate surface area is 201 Å². The number of benzene rings is 1. The van der Waals surface area contributed by atoms with E-state index in [0.29, 0.717) is 17.5 Å². The fraction of sp³-hybridized carbons (Fsp3) is 0.742. The highest BCUT2D eigenvalue weighted by atomic mass is 19.2. The molecule has 3 saturated carbocycles. The Kier molecular flexibility index (Phi) is 9.05. The van der Waals surface area contributed by atoms with Crippen molar-refractivity contribution < 1.29 is 8.78 Å². The van der Waals surface area contributed by atoms with Crippen molar-refractivity contribution in [3.8, 4) is 0 Å². The molecule has 0 saturated heterocycles. The summed E-state index contributed by atoms with van der Waals surface area (Å²) in [6.07, 6.45) is 22.7. The Bertz CT molecular complexity index is 773. The Hall–Kier alpha value is -1.18. The van der Waals surface area contributed by atoms with Gasteiger partial charge in [0.1, 0.15) is 0 Å². The fourth-order valence-electron chi connectivity index (χ4n) is 7.63. The van der Waals surface area contributed by atoms with Gasteiger partial charge in [0, 0.05) is 0 Å². The van der Waals surface area contributed by atoms with E-state index < -0.39 is 11.6 Å². The van der Waals surface area contributed by atoms with E-state index in [1.807, 2.05) is 31.2 Å². The summed E-state index contributed by atoms with van der Waals surface area (Å²) in [7, 11) is 0. The standard InChI is InChI=1S/C31H46F2/c1-3-5-7-9-25-18-19-29(31(33)30(25)32)24-14-12-23(13-15-24)27-17-16-26-20-22(8-6-4-2)10-11-28(26)21-27/h3,5,18-19,22-24,26-28H,4,6-17,20-21H2,1-2H3/b5-3+. The molecule has 0 aliphatic heterocycles. The zero-order chi connectivity index (χ0) is 23.2. The van der Waals surface area contributed by atoms with E-state index >= 15 is 0 Å². The van der Waals surface area contributed by atoms with Gasteiger partial charge in [-0.2, -0.15) is 0 Å². The predicted molar refractivity (Wildman–Crippen MR) is 135 cm³/mol. The van der Waals surface area contributed by atoms with E-state index in [4.69, 9.17) is 0 Å². The van der Waals surface area contributed by atoms with Crippen LogP contribution in [0.5, 0.6) is 0 Å². The van der Waals surface area contributed by atoms with Crippen LogP contribution in [0.2, 0.25) is 0 Å². The minimum atomic E-state index is -0.605. The Morgan fingerprint density at radius 2 is 1.48 bits per heavy atom.